The molecule has 10 heteroatoms. The van der Waals surface area contributed by atoms with E-state index in [2.05, 4.69) is 41.5 Å². The Kier molecular flexibility index (Phi) is 7.64. The van der Waals surface area contributed by atoms with Crippen molar-refractivity contribution < 1.29 is 4.79 Å². The van der Waals surface area contributed by atoms with Gasteiger partial charge in [0, 0.05) is 63.6 Å². The lowest BCUT2D eigenvalue weighted by atomic mass is 10.1. The topological polar surface area (TPSA) is 77.0 Å². The normalized spacial score (nSPS) is 16.9. The minimum Gasteiger partial charge on any atom is -0.347 e. The number of carbonyl (C=O) groups is 1. The number of rotatable bonds is 3. The van der Waals surface area contributed by atoms with Crippen LogP contribution in [0.1, 0.15) is 10.4 Å². The van der Waals surface area contributed by atoms with Crippen LogP contribution in [-0.4, -0.2) is 78.0 Å². The zero-order valence-electron chi connectivity index (χ0n) is 16.5. The number of carbonyl (C=O) groups excluding carboxylic acids is 1. The zero-order valence-corrected chi connectivity index (χ0v) is 19.6. The highest BCUT2D eigenvalue weighted by Crippen LogP contribution is 2.23. The number of hydrogen-bond acceptors (Lipinski definition) is 6. The number of anilines is 1. The van der Waals surface area contributed by atoms with Gasteiger partial charge in [-0.2, -0.15) is 0 Å². The maximum absolute atomic E-state index is 12.6. The van der Waals surface area contributed by atoms with Crippen molar-refractivity contribution >= 4 is 53.1 Å². The number of amides is 1. The third-order valence-electron chi connectivity index (χ3n) is 5.18. The van der Waals surface area contributed by atoms with E-state index < -0.39 is 0 Å². The predicted octanol–water partition coefficient (Wildman–Crippen LogP) is 1.44. The number of thiophene rings is 1. The van der Waals surface area contributed by atoms with Crippen molar-refractivity contribution in [1.82, 2.24) is 25.1 Å². The number of guanidine groups is 1. The molecule has 8 nitrogen and oxygen atoms in total. The molecule has 0 bridgehead atoms. The van der Waals surface area contributed by atoms with Gasteiger partial charge in [-0.05, 0) is 29.5 Å². The van der Waals surface area contributed by atoms with Gasteiger partial charge in [0.05, 0.1) is 6.54 Å². The van der Waals surface area contributed by atoms with Crippen molar-refractivity contribution in [1.29, 1.82) is 0 Å². The van der Waals surface area contributed by atoms with Crippen LogP contribution in [0.3, 0.4) is 0 Å². The van der Waals surface area contributed by atoms with Crippen molar-refractivity contribution in [3.8, 4) is 0 Å². The van der Waals surface area contributed by atoms with E-state index in [1.807, 2.05) is 11.0 Å². The molecule has 0 saturated carbocycles. The van der Waals surface area contributed by atoms with Crippen molar-refractivity contribution in [3.63, 3.8) is 0 Å². The summed E-state index contributed by atoms with van der Waals surface area (Å²) < 4.78 is 0. The lowest BCUT2D eigenvalue weighted by Gasteiger charge is -2.36. The second-order valence-electron chi connectivity index (χ2n) is 6.86. The van der Waals surface area contributed by atoms with Crippen LogP contribution in [0, 0.1) is 0 Å². The molecule has 2 aromatic rings. The third-order valence-corrected chi connectivity index (χ3v) is 6.21. The molecule has 1 saturated heterocycles. The van der Waals surface area contributed by atoms with E-state index in [1.165, 1.54) is 10.4 Å². The van der Waals surface area contributed by atoms with Crippen LogP contribution in [0.25, 0.3) is 0 Å². The maximum atomic E-state index is 12.6. The largest absolute Gasteiger partial charge is 0.347 e. The molecule has 0 unspecified atom stereocenters. The van der Waals surface area contributed by atoms with E-state index in [9.17, 15) is 4.79 Å². The molecule has 0 aliphatic carbocycles. The molecule has 0 radical (unpaired) electrons. The summed E-state index contributed by atoms with van der Waals surface area (Å²) in [5.41, 5.74) is 1.29. The molecule has 1 N–H and O–H groups in total. The third kappa shape index (κ3) is 5.16. The van der Waals surface area contributed by atoms with Crippen LogP contribution in [0.2, 0.25) is 0 Å². The first kappa shape index (κ1) is 21.8. The molecular weight excluding hydrogens is 501 g/mol. The van der Waals surface area contributed by atoms with Crippen LogP contribution in [-0.2, 0) is 17.8 Å². The lowest BCUT2D eigenvalue weighted by Crippen LogP contribution is -2.54. The number of halogens is 1. The molecule has 29 heavy (non-hydrogen) atoms. The fraction of sp³-hybridized carbons (Fsp3) is 0.474. The summed E-state index contributed by atoms with van der Waals surface area (Å²) in [6, 6.07) is 3.95. The quantitative estimate of drug-likeness (QED) is 0.370. The number of piperazine rings is 1. The highest BCUT2D eigenvalue weighted by Gasteiger charge is 2.24. The number of nitrogens with zero attached hydrogens (tertiary/aromatic N) is 6. The number of aromatic nitrogens is 2. The zero-order chi connectivity index (χ0) is 19.3. The van der Waals surface area contributed by atoms with Crippen LogP contribution >= 0.6 is 35.3 Å². The summed E-state index contributed by atoms with van der Waals surface area (Å²) in [5, 5.41) is 5.36. The molecular formula is C19H26IN7OS. The molecule has 4 heterocycles. The molecule has 156 valence electrons. The number of nitrogens with one attached hydrogen (secondary N) is 1. The average Bonchev–Trinajstić information content (AvgIpc) is 3.23. The summed E-state index contributed by atoms with van der Waals surface area (Å²) in [4.78, 5) is 33.3. The average molecular weight is 527 g/mol. The van der Waals surface area contributed by atoms with Gasteiger partial charge in [0.25, 0.3) is 0 Å². The van der Waals surface area contributed by atoms with Crippen LogP contribution in [0.15, 0.2) is 34.9 Å². The Morgan fingerprint density at radius 3 is 2.66 bits per heavy atom. The van der Waals surface area contributed by atoms with Gasteiger partial charge in [0.2, 0.25) is 11.9 Å². The van der Waals surface area contributed by atoms with Gasteiger partial charge < -0.3 is 20.0 Å². The predicted molar refractivity (Wildman–Crippen MR) is 126 cm³/mol. The Hall–Kier alpha value is -1.95. The van der Waals surface area contributed by atoms with E-state index in [1.54, 1.807) is 30.8 Å². The minimum absolute atomic E-state index is 0. The monoisotopic (exact) mass is 527 g/mol. The van der Waals surface area contributed by atoms with Gasteiger partial charge in [-0.3, -0.25) is 9.79 Å². The minimum atomic E-state index is 0. The molecule has 0 spiro atoms. The van der Waals surface area contributed by atoms with E-state index >= 15 is 0 Å². The molecule has 1 fully saturated rings. The first-order chi connectivity index (χ1) is 13.7. The van der Waals surface area contributed by atoms with Gasteiger partial charge >= 0.3 is 0 Å². The van der Waals surface area contributed by atoms with Gasteiger partial charge in [0.1, 0.15) is 0 Å². The number of fused-ring (bicyclic) bond motifs is 1. The molecule has 2 aliphatic rings. The summed E-state index contributed by atoms with van der Waals surface area (Å²) >= 11 is 1.79. The van der Waals surface area contributed by atoms with E-state index in [-0.39, 0.29) is 36.4 Å². The van der Waals surface area contributed by atoms with Crippen LogP contribution < -0.4 is 10.2 Å². The van der Waals surface area contributed by atoms with Gasteiger partial charge in [0.15, 0.2) is 5.96 Å². The van der Waals surface area contributed by atoms with Gasteiger partial charge in [-0.15, -0.1) is 35.3 Å². The Morgan fingerprint density at radius 2 is 1.93 bits per heavy atom. The van der Waals surface area contributed by atoms with E-state index in [4.69, 9.17) is 0 Å². The van der Waals surface area contributed by atoms with Gasteiger partial charge in [-0.25, -0.2) is 9.97 Å². The number of hydrogen-bond donors (Lipinski definition) is 1. The molecule has 0 aromatic carbocycles. The van der Waals surface area contributed by atoms with E-state index in [0.29, 0.717) is 6.54 Å². The Bertz CT molecular complexity index is 836. The molecule has 0 atom stereocenters. The van der Waals surface area contributed by atoms with Crippen LogP contribution in [0.5, 0.6) is 0 Å². The first-order valence-electron chi connectivity index (χ1n) is 9.55. The highest BCUT2D eigenvalue weighted by atomic mass is 127. The molecule has 2 aliphatic heterocycles. The Labute approximate surface area is 192 Å². The maximum Gasteiger partial charge on any atom is 0.242 e. The molecule has 4 rings (SSSR count). The summed E-state index contributed by atoms with van der Waals surface area (Å²) in [6.45, 7) is 5.06. The highest BCUT2D eigenvalue weighted by molar-refractivity contribution is 14.0. The first-order valence-corrected chi connectivity index (χ1v) is 10.4. The standard InChI is InChI=1S/C19H25N7OS.HI/c1-20-18(24-8-10-25(11-9-24)19-21-5-2-6-22-19)23-13-17(27)26-7-3-16-15(14-26)4-12-28-16;/h2,4-6,12H,3,7-11,13-14H2,1H3,(H,20,23);1H. The Balaban J connectivity index is 0.00000240. The second-order valence-corrected chi connectivity index (χ2v) is 7.86. The summed E-state index contributed by atoms with van der Waals surface area (Å²) in [5.74, 6) is 1.66. The summed E-state index contributed by atoms with van der Waals surface area (Å²) in [7, 11) is 1.76. The second kappa shape index (κ2) is 10.2. The molecule has 2 aromatic heterocycles. The molecule has 1 amide bonds. The van der Waals surface area contributed by atoms with E-state index in [0.717, 1.165) is 51.1 Å². The lowest BCUT2D eigenvalue weighted by molar-refractivity contribution is -0.130. The SMILES string of the molecule is CN=C(NCC(=O)N1CCc2sccc2C1)N1CCN(c2ncccn2)CC1.I. The van der Waals surface area contributed by atoms with Crippen molar-refractivity contribution in [2.24, 2.45) is 4.99 Å². The van der Waals surface area contributed by atoms with Crippen molar-refractivity contribution in [2.75, 3.05) is 51.2 Å². The summed E-state index contributed by atoms with van der Waals surface area (Å²) in [6.07, 6.45) is 4.48. The fourth-order valence-corrected chi connectivity index (χ4v) is 4.52. The fourth-order valence-electron chi connectivity index (χ4n) is 3.63. The van der Waals surface area contributed by atoms with Gasteiger partial charge in [-0.1, -0.05) is 0 Å². The van der Waals surface area contributed by atoms with Crippen molar-refractivity contribution in [2.45, 2.75) is 13.0 Å². The Morgan fingerprint density at radius 1 is 1.17 bits per heavy atom. The van der Waals surface area contributed by atoms with Crippen molar-refractivity contribution in [3.05, 3.63) is 40.3 Å². The van der Waals surface area contributed by atoms with Crippen LogP contribution in [0.4, 0.5) is 5.95 Å². The smallest absolute Gasteiger partial charge is 0.242 e. The number of aliphatic imine (C=N–C) groups is 1.